The van der Waals surface area contributed by atoms with Gasteiger partial charge in [-0.3, -0.25) is 9.78 Å². The summed E-state index contributed by atoms with van der Waals surface area (Å²) in [6.07, 6.45) is 1.24. The number of carbonyl (C=O) groups excluding carboxylic acids is 1. The van der Waals surface area contributed by atoms with Gasteiger partial charge in [0.25, 0.3) is 5.56 Å². The van der Waals surface area contributed by atoms with E-state index in [1.807, 2.05) is 0 Å². The van der Waals surface area contributed by atoms with Gasteiger partial charge in [0.05, 0.1) is 6.61 Å². The van der Waals surface area contributed by atoms with E-state index in [2.05, 4.69) is 26.9 Å². The van der Waals surface area contributed by atoms with Crippen molar-refractivity contribution < 1.29 is 9.53 Å². The number of aromatic nitrogens is 2. The molecule has 0 spiro atoms. The summed E-state index contributed by atoms with van der Waals surface area (Å²) >= 11 is 4.65. The Labute approximate surface area is 107 Å². The number of hydrogen-bond donors (Lipinski definition) is 2. The van der Waals surface area contributed by atoms with Gasteiger partial charge in [-0.2, -0.15) is 0 Å². The van der Waals surface area contributed by atoms with Crippen LogP contribution in [0.15, 0.2) is 11.0 Å². The van der Waals surface area contributed by atoms with Crippen LogP contribution in [-0.4, -0.2) is 52.1 Å². The van der Waals surface area contributed by atoms with Gasteiger partial charge in [-0.1, -0.05) is 0 Å². The zero-order chi connectivity index (χ0) is 9.84. The summed E-state index contributed by atoms with van der Waals surface area (Å²) in [5.74, 6) is -0.657. The molecule has 0 fully saturated rings. The van der Waals surface area contributed by atoms with E-state index >= 15 is 0 Å². The predicted molar refractivity (Wildman–Crippen MR) is 54.0 cm³/mol. The molecule has 0 unspecified atom stereocenters. The first-order valence-corrected chi connectivity index (χ1v) is 4.05. The minimum Gasteiger partial charge on any atom is -0.462 e. The molecule has 5 nitrogen and oxygen atoms in total. The number of nitrogens with one attached hydrogen (secondary N) is 2. The van der Waals surface area contributed by atoms with E-state index in [0.717, 1.165) is 0 Å². The fraction of sp³-hybridized carbons (Fsp3) is 0.286. The van der Waals surface area contributed by atoms with E-state index in [1.54, 1.807) is 6.92 Å². The summed E-state index contributed by atoms with van der Waals surface area (Å²) in [4.78, 5) is 27.0. The molecule has 0 aliphatic carbocycles. The maximum absolute atomic E-state index is 11.1. The molecule has 2 N–H and O–H groups in total. The standard InChI is InChI=1S/C7H8N2O3S.Na/c1-2-12-6(11)4-3-8-7(13)9-5(4)10;/h3H,2H2,1H3,(H2,8,9,10,13);. The predicted octanol–water partition coefficient (Wildman–Crippen LogP) is 0.228. The van der Waals surface area contributed by atoms with Crippen LogP contribution in [0.5, 0.6) is 0 Å². The molecule has 0 aliphatic heterocycles. The summed E-state index contributed by atoms with van der Waals surface area (Å²) in [6.45, 7) is 1.89. The zero-order valence-electron chi connectivity index (χ0n) is 7.92. The Hall–Kier alpha value is -0.430. The first kappa shape index (κ1) is 13.6. The smallest absolute Gasteiger partial charge is 0.345 e. The van der Waals surface area contributed by atoms with Gasteiger partial charge in [0.15, 0.2) is 4.77 Å². The minimum absolute atomic E-state index is 0. The number of H-pyrrole nitrogens is 2. The molecule has 71 valence electrons. The Morgan fingerprint density at radius 1 is 1.64 bits per heavy atom. The molecule has 0 saturated heterocycles. The van der Waals surface area contributed by atoms with Crippen LogP contribution >= 0.6 is 12.2 Å². The number of aromatic amines is 2. The molecule has 14 heavy (non-hydrogen) atoms. The van der Waals surface area contributed by atoms with Crippen LogP contribution in [0.2, 0.25) is 0 Å². The van der Waals surface area contributed by atoms with E-state index in [-0.39, 0.29) is 46.5 Å². The van der Waals surface area contributed by atoms with Crippen LogP contribution in [0.4, 0.5) is 0 Å². The third-order valence-corrected chi connectivity index (χ3v) is 1.53. The Morgan fingerprint density at radius 3 is 2.79 bits per heavy atom. The van der Waals surface area contributed by atoms with E-state index in [9.17, 15) is 9.59 Å². The van der Waals surface area contributed by atoms with Gasteiger partial charge >= 0.3 is 5.97 Å². The van der Waals surface area contributed by atoms with Crippen molar-refractivity contribution in [1.29, 1.82) is 0 Å². The Bertz CT molecular complexity index is 425. The van der Waals surface area contributed by atoms with Gasteiger partial charge < -0.3 is 9.72 Å². The quantitative estimate of drug-likeness (QED) is 0.427. The molecule has 1 aromatic heterocycles. The maximum Gasteiger partial charge on any atom is 0.345 e. The van der Waals surface area contributed by atoms with Crippen molar-refractivity contribution in [2.24, 2.45) is 0 Å². The molecular weight excluding hydrogens is 215 g/mol. The van der Waals surface area contributed by atoms with Gasteiger partial charge in [0.1, 0.15) is 5.56 Å². The van der Waals surface area contributed by atoms with Crippen molar-refractivity contribution in [3.8, 4) is 0 Å². The summed E-state index contributed by atoms with van der Waals surface area (Å²) in [5.41, 5.74) is -0.613. The second-order valence-corrected chi connectivity index (χ2v) is 2.61. The molecule has 0 aromatic carbocycles. The summed E-state index contributed by atoms with van der Waals surface area (Å²) < 4.78 is 4.81. The summed E-state index contributed by atoms with van der Waals surface area (Å²) in [6, 6.07) is 0. The SMILES string of the molecule is CCOC(=O)c1c[nH]c(=S)[nH]c1=O.[Na]. The van der Waals surface area contributed by atoms with Crippen molar-refractivity contribution >= 4 is 47.7 Å². The second-order valence-electron chi connectivity index (χ2n) is 2.21. The topological polar surface area (TPSA) is 75.0 Å². The molecule has 7 heteroatoms. The third-order valence-electron chi connectivity index (χ3n) is 1.31. The second kappa shape index (κ2) is 6.13. The number of esters is 1. The number of carbonyl (C=O) groups is 1. The molecule has 0 atom stereocenters. The van der Waals surface area contributed by atoms with Crippen LogP contribution < -0.4 is 5.56 Å². The van der Waals surface area contributed by atoms with E-state index in [4.69, 9.17) is 0 Å². The molecule has 1 rings (SSSR count). The van der Waals surface area contributed by atoms with Crippen molar-refractivity contribution in [1.82, 2.24) is 9.97 Å². The van der Waals surface area contributed by atoms with E-state index in [1.165, 1.54) is 6.20 Å². The number of rotatable bonds is 2. The molecule has 1 aromatic rings. The molecule has 0 saturated carbocycles. The van der Waals surface area contributed by atoms with Crippen molar-refractivity contribution in [3.63, 3.8) is 0 Å². The average Bonchev–Trinajstić information content (AvgIpc) is 2.04. The first-order chi connectivity index (χ1) is 6.15. The van der Waals surface area contributed by atoms with Crippen LogP contribution in [0.25, 0.3) is 0 Å². The molecule has 0 bridgehead atoms. The monoisotopic (exact) mass is 223 g/mol. The van der Waals surface area contributed by atoms with Crippen molar-refractivity contribution in [2.45, 2.75) is 6.92 Å². The third kappa shape index (κ3) is 3.38. The largest absolute Gasteiger partial charge is 0.462 e. The number of ether oxygens (including phenoxy) is 1. The van der Waals surface area contributed by atoms with E-state index < -0.39 is 11.5 Å². The van der Waals surface area contributed by atoms with Gasteiger partial charge in [-0.15, -0.1) is 0 Å². The van der Waals surface area contributed by atoms with Crippen LogP contribution in [-0.2, 0) is 4.74 Å². The number of hydrogen-bond acceptors (Lipinski definition) is 4. The first-order valence-electron chi connectivity index (χ1n) is 3.64. The van der Waals surface area contributed by atoms with Crippen molar-refractivity contribution in [2.75, 3.05) is 6.61 Å². The molecular formula is C7H8N2NaO3S. The minimum atomic E-state index is -0.657. The molecule has 1 radical (unpaired) electrons. The zero-order valence-corrected chi connectivity index (χ0v) is 10.7. The van der Waals surface area contributed by atoms with Crippen LogP contribution in [0, 0.1) is 4.77 Å². The van der Waals surface area contributed by atoms with Gasteiger partial charge in [0.2, 0.25) is 0 Å². The fourth-order valence-corrected chi connectivity index (χ4v) is 0.922. The Morgan fingerprint density at radius 2 is 2.29 bits per heavy atom. The van der Waals surface area contributed by atoms with Gasteiger partial charge in [0, 0.05) is 35.8 Å². The van der Waals surface area contributed by atoms with E-state index in [0.29, 0.717) is 0 Å². The Balaban J connectivity index is 0.00000169. The average molecular weight is 223 g/mol. The van der Waals surface area contributed by atoms with Crippen LogP contribution in [0.1, 0.15) is 17.3 Å². The van der Waals surface area contributed by atoms with Gasteiger partial charge in [-0.25, -0.2) is 4.79 Å². The molecule has 0 amide bonds. The van der Waals surface area contributed by atoms with Crippen LogP contribution in [0.3, 0.4) is 0 Å². The van der Waals surface area contributed by atoms with Gasteiger partial charge in [-0.05, 0) is 19.1 Å². The fourth-order valence-electron chi connectivity index (χ4n) is 0.770. The maximum atomic E-state index is 11.1. The van der Waals surface area contributed by atoms with Crippen molar-refractivity contribution in [3.05, 3.63) is 26.9 Å². The molecule has 1 heterocycles. The molecule has 0 aliphatic rings. The summed E-state index contributed by atoms with van der Waals surface area (Å²) in [5, 5.41) is 0. The summed E-state index contributed by atoms with van der Waals surface area (Å²) in [7, 11) is 0. The normalized spacial score (nSPS) is 8.93. The Kier molecular flexibility index (Phi) is 5.94.